The number of anilines is 1. The first-order chi connectivity index (χ1) is 15.9. The summed E-state index contributed by atoms with van der Waals surface area (Å²) < 4.78 is 5.53. The molecule has 1 aromatic carbocycles. The van der Waals surface area contributed by atoms with E-state index in [0.717, 1.165) is 55.5 Å². The van der Waals surface area contributed by atoms with E-state index in [1.165, 1.54) is 6.92 Å². The van der Waals surface area contributed by atoms with E-state index in [1.807, 2.05) is 23.1 Å². The number of nitrogens with zero attached hydrogens (tertiary/aromatic N) is 3. The second kappa shape index (κ2) is 10.5. The number of carbonyl (C=O) groups is 2. The van der Waals surface area contributed by atoms with Gasteiger partial charge in [0.1, 0.15) is 5.54 Å². The highest BCUT2D eigenvalue weighted by Gasteiger charge is 2.38. The van der Waals surface area contributed by atoms with Crippen molar-refractivity contribution < 1.29 is 14.1 Å². The van der Waals surface area contributed by atoms with Crippen molar-refractivity contribution in [1.29, 1.82) is 0 Å². The molecule has 1 aliphatic heterocycles. The van der Waals surface area contributed by atoms with Crippen LogP contribution in [0.2, 0.25) is 5.02 Å². The first-order valence-electron chi connectivity index (χ1n) is 11.7. The van der Waals surface area contributed by atoms with Crippen molar-refractivity contribution in [3.63, 3.8) is 0 Å². The number of amides is 2. The Hall–Kier alpha value is -2.06. The minimum Gasteiger partial charge on any atom is -0.343 e. The molecule has 1 N–H and O–H groups in total. The van der Waals surface area contributed by atoms with Gasteiger partial charge >= 0.3 is 0 Å². The maximum absolute atomic E-state index is 13.2. The maximum Gasteiger partial charge on any atom is 0.227 e. The predicted molar refractivity (Wildman–Crippen MR) is 130 cm³/mol. The van der Waals surface area contributed by atoms with Crippen LogP contribution in [0.3, 0.4) is 0 Å². The highest BCUT2D eigenvalue weighted by molar-refractivity contribution is 8.00. The van der Waals surface area contributed by atoms with E-state index < -0.39 is 5.54 Å². The lowest BCUT2D eigenvalue weighted by atomic mass is 9.89. The van der Waals surface area contributed by atoms with Gasteiger partial charge < -0.3 is 14.7 Å². The molecular formula is C24H31ClN4O3S. The second-order valence-corrected chi connectivity index (χ2v) is 11.0. The quantitative estimate of drug-likeness (QED) is 0.575. The summed E-state index contributed by atoms with van der Waals surface area (Å²) >= 11 is 8.01. The van der Waals surface area contributed by atoms with Crippen molar-refractivity contribution in [2.75, 3.05) is 11.4 Å². The summed E-state index contributed by atoms with van der Waals surface area (Å²) in [6, 6.07) is 5.73. The number of nitrogens with one attached hydrogen (secondary N) is 1. The normalized spacial score (nSPS) is 20.5. The molecular weight excluding hydrogens is 460 g/mol. The van der Waals surface area contributed by atoms with E-state index in [1.54, 1.807) is 11.8 Å². The van der Waals surface area contributed by atoms with Gasteiger partial charge in [-0.2, -0.15) is 4.98 Å². The van der Waals surface area contributed by atoms with Gasteiger partial charge in [-0.05, 0) is 37.5 Å². The fourth-order valence-electron chi connectivity index (χ4n) is 4.74. The topological polar surface area (TPSA) is 88.3 Å². The Bertz CT molecular complexity index is 1000. The minimum atomic E-state index is -0.581. The SMILES string of the molecule is CC(=O)NC1(c2noc(CCC(=O)N3CCC(C)Sc4ccc(Cl)cc43)n2)CCCCCC1. The van der Waals surface area contributed by atoms with Crippen LogP contribution >= 0.6 is 23.4 Å². The number of hydrogen-bond acceptors (Lipinski definition) is 6. The smallest absolute Gasteiger partial charge is 0.227 e. The summed E-state index contributed by atoms with van der Waals surface area (Å²) in [6.45, 7) is 4.35. The first-order valence-corrected chi connectivity index (χ1v) is 13.0. The number of halogens is 1. The zero-order valence-electron chi connectivity index (χ0n) is 19.2. The van der Waals surface area contributed by atoms with Crippen molar-refractivity contribution in [3.8, 4) is 0 Å². The molecule has 9 heteroatoms. The zero-order valence-corrected chi connectivity index (χ0v) is 20.8. The van der Waals surface area contributed by atoms with Crippen molar-refractivity contribution in [2.24, 2.45) is 0 Å². The largest absolute Gasteiger partial charge is 0.343 e. The molecule has 1 unspecified atom stereocenters. The molecule has 0 bridgehead atoms. The average molecular weight is 491 g/mol. The highest BCUT2D eigenvalue weighted by atomic mass is 35.5. The minimum absolute atomic E-state index is 0.0130. The summed E-state index contributed by atoms with van der Waals surface area (Å²) in [5, 5.41) is 8.36. The fraction of sp³-hybridized carbons (Fsp3) is 0.583. The number of aromatic nitrogens is 2. The number of fused-ring (bicyclic) bond motifs is 1. The third kappa shape index (κ3) is 5.72. The van der Waals surface area contributed by atoms with E-state index in [0.29, 0.717) is 35.0 Å². The lowest BCUT2D eigenvalue weighted by Crippen LogP contribution is -2.45. The lowest BCUT2D eigenvalue weighted by molar-refractivity contribution is -0.121. The molecule has 0 spiro atoms. The van der Waals surface area contributed by atoms with Crippen LogP contribution in [-0.2, 0) is 21.5 Å². The maximum atomic E-state index is 13.2. The molecule has 7 nitrogen and oxygen atoms in total. The molecule has 2 heterocycles. The molecule has 4 rings (SSSR count). The molecule has 0 radical (unpaired) electrons. The first kappa shape index (κ1) is 24.1. The van der Waals surface area contributed by atoms with Crippen LogP contribution in [-0.4, -0.2) is 33.7 Å². The molecule has 2 aromatic rings. The van der Waals surface area contributed by atoms with Gasteiger partial charge in [0.05, 0.1) is 5.69 Å². The Labute approximate surface area is 204 Å². The zero-order chi connectivity index (χ0) is 23.4. The highest BCUT2D eigenvalue weighted by Crippen LogP contribution is 2.39. The lowest BCUT2D eigenvalue weighted by Gasteiger charge is -2.30. The third-order valence-corrected chi connectivity index (χ3v) is 7.89. The van der Waals surface area contributed by atoms with Crippen molar-refractivity contribution in [1.82, 2.24) is 15.5 Å². The molecule has 1 fully saturated rings. The van der Waals surface area contributed by atoms with Crippen molar-refractivity contribution in [2.45, 2.75) is 87.3 Å². The Morgan fingerprint density at radius 2 is 2.03 bits per heavy atom. The molecule has 1 aliphatic carbocycles. The van der Waals surface area contributed by atoms with E-state index in [9.17, 15) is 9.59 Å². The third-order valence-electron chi connectivity index (χ3n) is 6.42. The van der Waals surface area contributed by atoms with E-state index in [2.05, 4.69) is 22.4 Å². The van der Waals surface area contributed by atoms with Gasteiger partial charge in [-0.3, -0.25) is 9.59 Å². The van der Waals surface area contributed by atoms with Gasteiger partial charge in [-0.1, -0.05) is 49.4 Å². The number of aryl methyl sites for hydroxylation is 1. The molecule has 2 amide bonds. The fourth-order valence-corrected chi connectivity index (χ4v) is 6.00. The standard InChI is InChI=1S/C24H31ClN4O3S/c1-16-11-14-29(19-15-18(25)7-8-20(19)33-16)22(31)10-9-21-26-23(28-32-21)24(27-17(2)30)12-5-3-4-6-13-24/h7-8,15-16H,3-6,9-14H2,1-2H3,(H,27,30). The number of hydrogen-bond donors (Lipinski definition) is 1. The van der Waals surface area contributed by atoms with Gasteiger partial charge in [0, 0.05) is 41.5 Å². The van der Waals surface area contributed by atoms with Gasteiger partial charge in [0.25, 0.3) is 0 Å². The Morgan fingerprint density at radius 3 is 2.76 bits per heavy atom. The predicted octanol–water partition coefficient (Wildman–Crippen LogP) is 5.26. The molecule has 2 aliphatic rings. The molecule has 1 atom stereocenters. The molecule has 33 heavy (non-hydrogen) atoms. The number of benzene rings is 1. The molecule has 0 saturated heterocycles. The summed E-state index contributed by atoms with van der Waals surface area (Å²) in [6.07, 6.45) is 7.42. The monoisotopic (exact) mass is 490 g/mol. The van der Waals surface area contributed by atoms with Crippen molar-refractivity contribution >= 4 is 40.9 Å². The Morgan fingerprint density at radius 1 is 1.27 bits per heavy atom. The van der Waals surface area contributed by atoms with E-state index in [-0.39, 0.29) is 18.2 Å². The van der Waals surface area contributed by atoms with Gasteiger partial charge in [-0.15, -0.1) is 11.8 Å². The second-order valence-electron chi connectivity index (χ2n) is 9.06. The Kier molecular flexibility index (Phi) is 7.64. The van der Waals surface area contributed by atoms with Crippen LogP contribution < -0.4 is 10.2 Å². The average Bonchev–Trinajstić information content (AvgIpc) is 3.04. The van der Waals surface area contributed by atoms with Crippen LogP contribution in [0.1, 0.15) is 76.9 Å². The summed E-state index contributed by atoms with van der Waals surface area (Å²) in [4.78, 5) is 32.6. The summed E-state index contributed by atoms with van der Waals surface area (Å²) in [5.41, 5.74) is 0.290. The van der Waals surface area contributed by atoms with E-state index in [4.69, 9.17) is 16.1 Å². The number of rotatable bonds is 5. The molecule has 1 aromatic heterocycles. The van der Waals surface area contributed by atoms with Crippen LogP contribution in [0, 0.1) is 0 Å². The van der Waals surface area contributed by atoms with Crippen LogP contribution in [0.5, 0.6) is 0 Å². The molecule has 178 valence electrons. The van der Waals surface area contributed by atoms with Gasteiger partial charge in [0.2, 0.25) is 17.7 Å². The van der Waals surface area contributed by atoms with Gasteiger partial charge in [0.15, 0.2) is 5.82 Å². The van der Waals surface area contributed by atoms with Gasteiger partial charge in [-0.25, -0.2) is 0 Å². The van der Waals surface area contributed by atoms with Crippen molar-refractivity contribution in [3.05, 3.63) is 34.9 Å². The van der Waals surface area contributed by atoms with E-state index >= 15 is 0 Å². The van der Waals surface area contributed by atoms with Crippen LogP contribution in [0.25, 0.3) is 0 Å². The number of thioether (sulfide) groups is 1. The summed E-state index contributed by atoms with van der Waals surface area (Å²) in [5.74, 6) is 0.874. The molecule has 1 saturated carbocycles. The number of carbonyl (C=O) groups excluding carboxylic acids is 2. The van der Waals surface area contributed by atoms with Crippen LogP contribution in [0.4, 0.5) is 5.69 Å². The summed E-state index contributed by atoms with van der Waals surface area (Å²) in [7, 11) is 0. The van der Waals surface area contributed by atoms with Crippen LogP contribution in [0.15, 0.2) is 27.6 Å². The Balaban J connectivity index is 1.47.